The van der Waals surface area contributed by atoms with E-state index in [2.05, 4.69) is 41.8 Å². The molecule has 1 aliphatic heterocycles. The highest BCUT2D eigenvalue weighted by Crippen LogP contribution is 2.20. The SMILES string of the molecule is O=C(Nc1ccc(Br)cc1)N[C@@H](Cc1cnc[nH]1)C(=O)Nc1ccc(N2CCOCC2=O)cc1. The monoisotopic (exact) mass is 526 g/mol. The number of nitrogens with zero attached hydrogens (tertiary/aromatic N) is 2. The van der Waals surface area contributed by atoms with Crippen LogP contribution in [-0.4, -0.2) is 53.6 Å². The molecule has 0 unspecified atom stereocenters. The first kappa shape index (κ1) is 23.5. The number of imidazole rings is 1. The summed E-state index contributed by atoms with van der Waals surface area (Å²) in [5.74, 6) is -0.501. The molecule has 2 aromatic carbocycles. The molecule has 34 heavy (non-hydrogen) atoms. The Balaban J connectivity index is 1.42. The predicted octanol–water partition coefficient (Wildman–Crippen LogP) is 2.91. The first-order chi connectivity index (χ1) is 16.5. The number of hydrogen-bond acceptors (Lipinski definition) is 5. The number of carbonyl (C=O) groups excluding carboxylic acids is 3. The molecule has 10 nitrogen and oxygen atoms in total. The molecule has 0 saturated carbocycles. The van der Waals surface area contributed by atoms with Crippen LogP contribution in [0.25, 0.3) is 0 Å². The summed E-state index contributed by atoms with van der Waals surface area (Å²) in [6.07, 6.45) is 3.33. The summed E-state index contributed by atoms with van der Waals surface area (Å²) in [5, 5.41) is 8.26. The van der Waals surface area contributed by atoms with Crippen molar-refractivity contribution in [1.82, 2.24) is 15.3 Å². The zero-order chi connectivity index (χ0) is 23.9. The maximum atomic E-state index is 13.0. The summed E-state index contributed by atoms with van der Waals surface area (Å²) in [4.78, 5) is 46.2. The maximum absolute atomic E-state index is 13.0. The highest BCUT2D eigenvalue weighted by molar-refractivity contribution is 9.10. The van der Waals surface area contributed by atoms with E-state index in [1.165, 1.54) is 6.33 Å². The Kier molecular flexibility index (Phi) is 7.55. The summed E-state index contributed by atoms with van der Waals surface area (Å²) >= 11 is 3.35. The number of anilines is 3. The minimum atomic E-state index is -0.864. The molecule has 4 amide bonds. The number of halogens is 1. The van der Waals surface area contributed by atoms with E-state index in [-0.39, 0.29) is 18.9 Å². The minimum Gasteiger partial charge on any atom is -0.370 e. The smallest absolute Gasteiger partial charge is 0.319 e. The molecule has 11 heteroatoms. The van der Waals surface area contributed by atoms with Gasteiger partial charge in [0.15, 0.2) is 0 Å². The fourth-order valence-corrected chi connectivity index (χ4v) is 3.69. The summed E-state index contributed by atoms with van der Waals surface area (Å²) < 4.78 is 6.04. The molecule has 0 bridgehead atoms. The number of ether oxygens (including phenoxy) is 1. The molecule has 4 N–H and O–H groups in total. The highest BCUT2D eigenvalue weighted by atomic mass is 79.9. The molecule has 0 aliphatic carbocycles. The fourth-order valence-electron chi connectivity index (χ4n) is 3.43. The van der Waals surface area contributed by atoms with Crippen molar-refractivity contribution in [3.8, 4) is 0 Å². The Labute approximate surface area is 204 Å². The Bertz CT molecular complexity index is 1140. The van der Waals surface area contributed by atoms with Crippen LogP contribution in [0.4, 0.5) is 21.9 Å². The number of H-pyrrole nitrogens is 1. The molecule has 0 spiro atoms. The van der Waals surface area contributed by atoms with Crippen LogP contribution >= 0.6 is 15.9 Å². The van der Waals surface area contributed by atoms with Gasteiger partial charge in [0, 0.05) is 46.4 Å². The van der Waals surface area contributed by atoms with Crippen molar-refractivity contribution in [2.45, 2.75) is 12.5 Å². The van der Waals surface area contributed by atoms with E-state index in [0.717, 1.165) is 10.2 Å². The van der Waals surface area contributed by atoms with E-state index >= 15 is 0 Å². The zero-order valence-electron chi connectivity index (χ0n) is 18.1. The average Bonchev–Trinajstić information content (AvgIpc) is 3.34. The summed E-state index contributed by atoms with van der Waals surface area (Å²) in [5.41, 5.74) is 2.56. The third-order valence-corrected chi connectivity index (χ3v) is 5.66. The maximum Gasteiger partial charge on any atom is 0.319 e. The number of hydrogen-bond donors (Lipinski definition) is 4. The summed E-state index contributed by atoms with van der Waals surface area (Å²) in [6, 6.07) is 12.7. The number of aromatic nitrogens is 2. The van der Waals surface area contributed by atoms with Crippen LogP contribution in [0.3, 0.4) is 0 Å². The van der Waals surface area contributed by atoms with Crippen molar-refractivity contribution in [1.29, 1.82) is 0 Å². The van der Waals surface area contributed by atoms with Crippen molar-refractivity contribution in [3.05, 3.63) is 71.2 Å². The molecule has 3 aromatic rings. The Morgan fingerprint density at radius 1 is 1.09 bits per heavy atom. The van der Waals surface area contributed by atoms with Crippen LogP contribution in [-0.2, 0) is 20.7 Å². The average molecular weight is 527 g/mol. The van der Waals surface area contributed by atoms with Crippen molar-refractivity contribution in [3.63, 3.8) is 0 Å². The standard InChI is InChI=1S/C23H23BrN6O4/c24-15-1-3-17(4-2-15)28-23(33)29-20(11-18-12-25-14-26-18)22(32)27-16-5-7-19(8-6-16)30-9-10-34-13-21(30)31/h1-8,12,14,20H,9-11,13H2,(H,25,26)(H,27,32)(H2,28,29,33)/t20-/m0/s1. The largest absolute Gasteiger partial charge is 0.370 e. The predicted molar refractivity (Wildman–Crippen MR) is 131 cm³/mol. The van der Waals surface area contributed by atoms with Crippen LogP contribution in [0, 0.1) is 0 Å². The lowest BCUT2D eigenvalue weighted by molar-refractivity contribution is -0.125. The lowest BCUT2D eigenvalue weighted by Gasteiger charge is -2.27. The van der Waals surface area contributed by atoms with Gasteiger partial charge in [-0.2, -0.15) is 0 Å². The van der Waals surface area contributed by atoms with Gasteiger partial charge in [-0.3, -0.25) is 9.59 Å². The lowest BCUT2D eigenvalue weighted by atomic mass is 10.1. The highest BCUT2D eigenvalue weighted by Gasteiger charge is 2.23. The molecule has 1 fully saturated rings. The molecular formula is C23H23BrN6O4. The van der Waals surface area contributed by atoms with Crippen LogP contribution in [0.1, 0.15) is 5.69 Å². The molecular weight excluding hydrogens is 504 g/mol. The van der Waals surface area contributed by atoms with Gasteiger partial charge >= 0.3 is 6.03 Å². The Morgan fingerprint density at radius 2 is 1.79 bits per heavy atom. The number of carbonyl (C=O) groups is 3. The molecule has 4 rings (SSSR count). The van der Waals surface area contributed by atoms with E-state index in [0.29, 0.717) is 30.2 Å². The minimum absolute atomic E-state index is 0.0573. The van der Waals surface area contributed by atoms with Crippen LogP contribution in [0.2, 0.25) is 0 Å². The number of morpholine rings is 1. The number of urea groups is 1. The number of aromatic amines is 1. The van der Waals surface area contributed by atoms with Crippen molar-refractivity contribution >= 4 is 50.8 Å². The summed E-state index contributed by atoms with van der Waals surface area (Å²) in [6.45, 7) is 1.02. The quantitative estimate of drug-likeness (QED) is 0.376. The number of benzene rings is 2. The second-order valence-electron chi connectivity index (χ2n) is 7.57. The van der Waals surface area contributed by atoms with Gasteiger partial charge in [-0.1, -0.05) is 15.9 Å². The van der Waals surface area contributed by atoms with Gasteiger partial charge in [-0.25, -0.2) is 9.78 Å². The third-order valence-electron chi connectivity index (χ3n) is 5.14. The second kappa shape index (κ2) is 10.9. The van der Waals surface area contributed by atoms with Crippen molar-refractivity contribution in [2.24, 2.45) is 0 Å². The van der Waals surface area contributed by atoms with E-state index in [1.807, 2.05) is 0 Å². The topological polar surface area (TPSA) is 128 Å². The number of amides is 4. The van der Waals surface area contributed by atoms with Gasteiger partial charge in [0.05, 0.1) is 12.9 Å². The van der Waals surface area contributed by atoms with E-state index in [4.69, 9.17) is 4.74 Å². The van der Waals surface area contributed by atoms with Gasteiger partial charge in [0.2, 0.25) is 5.91 Å². The van der Waals surface area contributed by atoms with Crippen LogP contribution in [0.5, 0.6) is 0 Å². The third kappa shape index (κ3) is 6.21. The van der Waals surface area contributed by atoms with Gasteiger partial charge in [-0.05, 0) is 48.5 Å². The van der Waals surface area contributed by atoms with Gasteiger partial charge in [-0.15, -0.1) is 0 Å². The first-order valence-corrected chi connectivity index (χ1v) is 11.4. The number of nitrogens with one attached hydrogen (secondary N) is 4. The van der Waals surface area contributed by atoms with E-state index in [9.17, 15) is 14.4 Å². The molecule has 1 saturated heterocycles. The Morgan fingerprint density at radius 3 is 2.47 bits per heavy atom. The molecule has 1 aliphatic rings. The normalized spacial score (nSPS) is 14.4. The van der Waals surface area contributed by atoms with Gasteiger partial charge in [0.1, 0.15) is 12.6 Å². The van der Waals surface area contributed by atoms with Crippen molar-refractivity contribution < 1.29 is 19.1 Å². The van der Waals surface area contributed by atoms with E-state index in [1.54, 1.807) is 59.6 Å². The molecule has 1 aromatic heterocycles. The summed E-state index contributed by atoms with van der Waals surface area (Å²) in [7, 11) is 0. The molecule has 176 valence electrons. The second-order valence-corrected chi connectivity index (χ2v) is 8.49. The molecule has 2 heterocycles. The van der Waals surface area contributed by atoms with Gasteiger partial charge < -0.3 is 30.6 Å². The van der Waals surface area contributed by atoms with Crippen LogP contribution in [0.15, 0.2) is 65.5 Å². The first-order valence-electron chi connectivity index (χ1n) is 10.6. The van der Waals surface area contributed by atoms with Gasteiger partial charge in [0.25, 0.3) is 5.91 Å². The van der Waals surface area contributed by atoms with Crippen molar-refractivity contribution in [2.75, 3.05) is 35.3 Å². The zero-order valence-corrected chi connectivity index (χ0v) is 19.7. The molecule has 1 atom stereocenters. The fraction of sp³-hybridized carbons (Fsp3) is 0.217. The van der Waals surface area contributed by atoms with E-state index < -0.39 is 18.0 Å². The van der Waals surface area contributed by atoms with Crippen LogP contribution < -0.4 is 20.9 Å². The number of rotatable bonds is 7. The Hall–Kier alpha value is -3.70. The lowest BCUT2D eigenvalue weighted by Crippen LogP contribution is -2.47. The molecule has 0 radical (unpaired) electrons.